The first-order valence-electron chi connectivity index (χ1n) is 7.98. The molecule has 0 unspecified atom stereocenters. The summed E-state index contributed by atoms with van der Waals surface area (Å²) in [5.74, 6) is -0.925. The number of carbonyl (C=O) groups excluding carboxylic acids is 1. The van der Waals surface area contributed by atoms with Gasteiger partial charge in [-0.2, -0.15) is 0 Å². The van der Waals surface area contributed by atoms with Crippen LogP contribution in [-0.4, -0.2) is 38.1 Å². The number of carboxylic acid groups (broad SMARTS) is 1. The monoisotopic (exact) mass is 287 g/mol. The van der Waals surface area contributed by atoms with E-state index >= 15 is 0 Å². The Balaban J connectivity index is 0. The van der Waals surface area contributed by atoms with Crippen LogP contribution in [0.1, 0.15) is 72.6 Å². The van der Waals surface area contributed by atoms with Crippen LogP contribution in [0.5, 0.6) is 0 Å². The SMILES string of the molecule is CC(C)(C)CCCCCC(=O)[O-].CCCC[N+](C)(C)C. The normalized spacial score (nSPS) is 11.8. The van der Waals surface area contributed by atoms with E-state index in [0.717, 1.165) is 23.7 Å². The Hall–Kier alpha value is -0.570. The van der Waals surface area contributed by atoms with E-state index in [4.69, 9.17) is 0 Å². The molecule has 0 fully saturated rings. The van der Waals surface area contributed by atoms with Crippen molar-refractivity contribution in [2.75, 3.05) is 27.7 Å². The Morgan fingerprint density at radius 1 is 1.00 bits per heavy atom. The standard InChI is InChI=1S/C10H20O2.C7H18N/c1-10(2,3)8-6-4-5-7-9(11)12;1-5-6-7-8(2,3)4/h4-8H2,1-3H3,(H,11,12);5-7H2,1-4H3/q;+1/p-1. The molecule has 0 aromatic carbocycles. The molecular formula is C17H37NO2. The molecule has 0 bridgehead atoms. The molecule has 0 N–H and O–H groups in total. The highest BCUT2D eigenvalue weighted by atomic mass is 16.4. The van der Waals surface area contributed by atoms with Gasteiger partial charge in [-0.3, -0.25) is 0 Å². The Morgan fingerprint density at radius 2 is 1.55 bits per heavy atom. The van der Waals surface area contributed by atoms with E-state index in [2.05, 4.69) is 48.8 Å². The zero-order valence-corrected chi connectivity index (χ0v) is 14.9. The lowest BCUT2D eigenvalue weighted by Gasteiger charge is -2.23. The zero-order chi connectivity index (χ0) is 16.2. The average molecular weight is 287 g/mol. The summed E-state index contributed by atoms with van der Waals surface area (Å²) in [6.07, 6.45) is 6.93. The number of rotatable bonds is 8. The van der Waals surface area contributed by atoms with Gasteiger partial charge in [0.15, 0.2) is 0 Å². The fourth-order valence-electron chi connectivity index (χ4n) is 1.73. The molecule has 0 spiro atoms. The quantitative estimate of drug-likeness (QED) is 0.508. The largest absolute Gasteiger partial charge is 0.550 e. The first kappa shape index (κ1) is 21.7. The van der Waals surface area contributed by atoms with Crippen LogP contribution in [0.3, 0.4) is 0 Å². The van der Waals surface area contributed by atoms with E-state index in [1.54, 1.807) is 0 Å². The maximum Gasteiger partial charge on any atom is 0.0780 e. The third-order valence-electron chi connectivity index (χ3n) is 2.99. The lowest BCUT2D eigenvalue weighted by atomic mass is 9.89. The van der Waals surface area contributed by atoms with Crippen molar-refractivity contribution >= 4 is 5.97 Å². The van der Waals surface area contributed by atoms with Gasteiger partial charge in [-0.25, -0.2) is 0 Å². The van der Waals surface area contributed by atoms with Crippen molar-refractivity contribution in [3.63, 3.8) is 0 Å². The molecule has 3 nitrogen and oxygen atoms in total. The second kappa shape index (κ2) is 11.1. The Labute approximate surface area is 127 Å². The molecule has 0 aliphatic carbocycles. The first-order valence-corrected chi connectivity index (χ1v) is 7.98. The summed E-state index contributed by atoms with van der Waals surface area (Å²) in [7, 11) is 6.70. The van der Waals surface area contributed by atoms with Gasteiger partial charge in [0.25, 0.3) is 0 Å². The van der Waals surface area contributed by atoms with Crippen molar-refractivity contribution in [3.8, 4) is 0 Å². The minimum absolute atomic E-state index is 0.212. The van der Waals surface area contributed by atoms with Gasteiger partial charge >= 0.3 is 0 Å². The van der Waals surface area contributed by atoms with E-state index in [1.807, 2.05) is 0 Å². The van der Waals surface area contributed by atoms with Crippen LogP contribution in [0, 0.1) is 5.41 Å². The van der Waals surface area contributed by atoms with Crippen molar-refractivity contribution in [1.29, 1.82) is 0 Å². The Morgan fingerprint density at radius 3 is 1.85 bits per heavy atom. The molecule has 3 heteroatoms. The van der Waals surface area contributed by atoms with E-state index in [-0.39, 0.29) is 6.42 Å². The van der Waals surface area contributed by atoms with E-state index in [9.17, 15) is 9.90 Å². The number of hydrogen-bond donors (Lipinski definition) is 0. The smallest absolute Gasteiger partial charge is 0.0780 e. The second-order valence-electron chi connectivity index (χ2n) is 7.86. The molecule has 0 radical (unpaired) electrons. The van der Waals surface area contributed by atoms with Crippen LogP contribution in [0.15, 0.2) is 0 Å². The lowest BCUT2D eigenvalue weighted by molar-refractivity contribution is -0.870. The van der Waals surface area contributed by atoms with Gasteiger partial charge in [0.05, 0.1) is 27.7 Å². The number of unbranched alkanes of at least 4 members (excludes halogenated alkanes) is 3. The van der Waals surface area contributed by atoms with Gasteiger partial charge in [0.1, 0.15) is 0 Å². The predicted molar refractivity (Wildman–Crippen MR) is 85.4 cm³/mol. The third-order valence-corrected chi connectivity index (χ3v) is 2.99. The van der Waals surface area contributed by atoms with Gasteiger partial charge < -0.3 is 14.4 Å². The maximum absolute atomic E-state index is 10.0. The molecule has 20 heavy (non-hydrogen) atoms. The number of carbonyl (C=O) groups is 1. The van der Waals surface area contributed by atoms with Gasteiger partial charge in [0, 0.05) is 5.97 Å². The van der Waals surface area contributed by atoms with E-state index in [1.165, 1.54) is 25.8 Å². The van der Waals surface area contributed by atoms with Gasteiger partial charge in [-0.15, -0.1) is 0 Å². The number of hydrogen-bond acceptors (Lipinski definition) is 2. The molecule has 0 aliphatic heterocycles. The van der Waals surface area contributed by atoms with Crippen LogP contribution in [0.2, 0.25) is 0 Å². The van der Waals surface area contributed by atoms with Crippen LogP contribution in [0.25, 0.3) is 0 Å². The van der Waals surface area contributed by atoms with Crippen LogP contribution < -0.4 is 5.11 Å². The van der Waals surface area contributed by atoms with Crippen molar-refractivity contribution < 1.29 is 14.4 Å². The van der Waals surface area contributed by atoms with Crippen molar-refractivity contribution in [1.82, 2.24) is 0 Å². The van der Waals surface area contributed by atoms with Gasteiger partial charge in [-0.05, 0) is 31.1 Å². The summed E-state index contributed by atoms with van der Waals surface area (Å²) in [6, 6.07) is 0. The zero-order valence-electron chi connectivity index (χ0n) is 14.9. The summed E-state index contributed by atoms with van der Waals surface area (Å²) in [6.45, 7) is 10.1. The summed E-state index contributed by atoms with van der Waals surface area (Å²) in [5, 5.41) is 10.0. The molecule has 0 aromatic rings. The number of aliphatic carboxylic acids is 1. The Bertz CT molecular complexity index is 236. The Kier molecular flexibility index (Phi) is 12.1. The van der Waals surface area contributed by atoms with Gasteiger partial charge in [-0.1, -0.05) is 47.0 Å². The average Bonchev–Trinajstić information content (AvgIpc) is 2.23. The highest BCUT2D eigenvalue weighted by Gasteiger charge is 2.08. The van der Waals surface area contributed by atoms with Gasteiger partial charge in [0.2, 0.25) is 0 Å². The topological polar surface area (TPSA) is 40.1 Å². The summed E-state index contributed by atoms with van der Waals surface area (Å²) in [4.78, 5) is 10.0. The van der Waals surface area contributed by atoms with Crippen LogP contribution >= 0.6 is 0 Å². The number of nitrogens with zero attached hydrogens (tertiary/aromatic N) is 1. The molecule has 0 aliphatic rings. The molecular weight excluding hydrogens is 250 g/mol. The number of carboxylic acids is 1. The van der Waals surface area contributed by atoms with E-state index in [0.29, 0.717) is 5.41 Å². The molecule has 122 valence electrons. The van der Waals surface area contributed by atoms with Crippen LogP contribution in [-0.2, 0) is 4.79 Å². The maximum atomic E-state index is 10.0. The highest BCUT2D eigenvalue weighted by molar-refractivity contribution is 5.63. The fourth-order valence-corrected chi connectivity index (χ4v) is 1.73. The summed E-state index contributed by atoms with van der Waals surface area (Å²) in [5.41, 5.74) is 0.376. The number of quaternary nitrogens is 1. The molecule has 0 aromatic heterocycles. The summed E-state index contributed by atoms with van der Waals surface area (Å²) < 4.78 is 1.10. The third kappa shape index (κ3) is 26.1. The molecule has 0 heterocycles. The predicted octanol–water partition coefficient (Wildman–Crippen LogP) is 3.23. The molecule has 0 saturated carbocycles. The minimum atomic E-state index is -0.925. The first-order chi connectivity index (χ1) is 8.98. The highest BCUT2D eigenvalue weighted by Crippen LogP contribution is 2.22. The fraction of sp³-hybridized carbons (Fsp3) is 0.941. The minimum Gasteiger partial charge on any atom is -0.550 e. The summed E-state index contributed by atoms with van der Waals surface area (Å²) >= 11 is 0. The van der Waals surface area contributed by atoms with Crippen LogP contribution in [0.4, 0.5) is 0 Å². The second-order valence-corrected chi connectivity index (χ2v) is 7.86. The van der Waals surface area contributed by atoms with Crippen molar-refractivity contribution in [2.45, 2.75) is 72.6 Å². The molecule has 0 atom stereocenters. The van der Waals surface area contributed by atoms with Crippen molar-refractivity contribution in [2.24, 2.45) is 5.41 Å². The molecule has 0 rings (SSSR count). The lowest BCUT2D eigenvalue weighted by Crippen LogP contribution is -2.35. The van der Waals surface area contributed by atoms with E-state index < -0.39 is 5.97 Å². The van der Waals surface area contributed by atoms with Crippen molar-refractivity contribution in [3.05, 3.63) is 0 Å². The molecule has 0 saturated heterocycles. The molecule has 0 amide bonds.